The Morgan fingerprint density at radius 3 is 1.93 bits per heavy atom. The second-order valence-corrected chi connectivity index (χ2v) is 6.53. The van der Waals surface area contributed by atoms with E-state index in [0.717, 1.165) is 22.4 Å². The fourth-order valence-electron chi connectivity index (χ4n) is 3.28. The van der Waals surface area contributed by atoms with Crippen LogP contribution in [0.4, 0.5) is 17.1 Å². The van der Waals surface area contributed by atoms with Crippen molar-refractivity contribution < 1.29 is 9.90 Å². The number of nitrogens with zero attached hydrogens (tertiary/aromatic N) is 1. The average molecular weight is 365 g/mol. The number of hydrogen-bond donors (Lipinski definition) is 1. The molecule has 4 rings (SSSR count). The fourth-order valence-corrected chi connectivity index (χ4v) is 3.28. The largest absolute Gasteiger partial charge is 0.478 e. The zero-order valence-electron chi connectivity index (χ0n) is 15.2. The quantitative estimate of drug-likeness (QED) is 0.416. The monoisotopic (exact) mass is 365 g/mol. The van der Waals surface area contributed by atoms with Gasteiger partial charge < -0.3 is 10.0 Å². The molecule has 0 fully saturated rings. The van der Waals surface area contributed by atoms with Crippen molar-refractivity contribution in [1.82, 2.24) is 0 Å². The number of carboxylic acid groups (broad SMARTS) is 1. The molecule has 0 aliphatic rings. The Labute approximate surface area is 163 Å². The van der Waals surface area contributed by atoms with Crippen LogP contribution in [0.3, 0.4) is 0 Å². The van der Waals surface area contributed by atoms with Gasteiger partial charge in [0.25, 0.3) is 0 Å². The Morgan fingerprint density at radius 2 is 1.25 bits per heavy atom. The first-order chi connectivity index (χ1) is 13.6. The summed E-state index contributed by atoms with van der Waals surface area (Å²) in [6.45, 7) is 3.64. The van der Waals surface area contributed by atoms with Crippen molar-refractivity contribution in [2.75, 3.05) is 4.90 Å². The second kappa shape index (κ2) is 7.41. The minimum absolute atomic E-state index is 0.0866. The number of benzene rings is 4. The molecule has 0 aliphatic carbocycles. The van der Waals surface area contributed by atoms with Crippen LogP contribution in [-0.2, 0) is 4.79 Å². The highest BCUT2D eigenvalue weighted by Crippen LogP contribution is 2.36. The average Bonchev–Trinajstić information content (AvgIpc) is 2.74. The third-order valence-corrected chi connectivity index (χ3v) is 4.74. The van der Waals surface area contributed by atoms with Crippen LogP contribution in [0.15, 0.2) is 104 Å². The Kier molecular flexibility index (Phi) is 4.65. The Morgan fingerprint density at radius 1 is 0.679 bits per heavy atom. The lowest BCUT2D eigenvalue weighted by atomic mass is 10.1. The summed E-state index contributed by atoms with van der Waals surface area (Å²) >= 11 is 0. The first kappa shape index (κ1) is 17.6. The standard InChI is InChI=1S/C25H19NO2/c1-18(25(27)28)19-11-14-23(15-12-19)26(22-9-3-2-4-10-22)24-16-13-20-7-5-6-8-21(20)17-24/h2-17H,1H2,(H,27,28). The van der Waals surface area contributed by atoms with Gasteiger partial charge in [0.2, 0.25) is 0 Å². The van der Waals surface area contributed by atoms with Gasteiger partial charge >= 0.3 is 5.97 Å². The lowest BCUT2D eigenvalue weighted by molar-refractivity contribution is -0.130. The molecule has 0 amide bonds. The SMILES string of the molecule is C=C(C(=O)O)c1ccc(N(c2ccccc2)c2ccc3ccccc3c2)cc1. The Hall–Kier alpha value is -3.85. The molecule has 136 valence electrons. The van der Waals surface area contributed by atoms with E-state index in [2.05, 4.69) is 53.9 Å². The van der Waals surface area contributed by atoms with Crippen molar-refractivity contribution >= 4 is 39.4 Å². The van der Waals surface area contributed by atoms with Crippen molar-refractivity contribution in [2.24, 2.45) is 0 Å². The molecule has 0 bridgehead atoms. The van der Waals surface area contributed by atoms with Crippen LogP contribution in [0.1, 0.15) is 5.56 Å². The van der Waals surface area contributed by atoms with E-state index < -0.39 is 5.97 Å². The number of para-hydroxylation sites is 1. The first-order valence-corrected chi connectivity index (χ1v) is 9.00. The third kappa shape index (κ3) is 3.38. The molecule has 28 heavy (non-hydrogen) atoms. The van der Waals surface area contributed by atoms with Gasteiger partial charge in [-0.1, -0.05) is 67.2 Å². The molecule has 0 radical (unpaired) electrons. The summed E-state index contributed by atoms with van der Waals surface area (Å²) in [5.74, 6) is -1.01. The minimum Gasteiger partial charge on any atom is -0.478 e. The maximum absolute atomic E-state index is 11.2. The lowest BCUT2D eigenvalue weighted by Crippen LogP contribution is -2.10. The van der Waals surface area contributed by atoms with Crippen LogP contribution >= 0.6 is 0 Å². The van der Waals surface area contributed by atoms with Crippen LogP contribution in [0.25, 0.3) is 16.3 Å². The molecule has 4 aromatic carbocycles. The van der Waals surface area contributed by atoms with Crippen molar-refractivity contribution in [1.29, 1.82) is 0 Å². The van der Waals surface area contributed by atoms with Crippen LogP contribution in [0, 0.1) is 0 Å². The van der Waals surface area contributed by atoms with E-state index in [-0.39, 0.29) is 5.57 Å². The number of anilines is 3. The molecule has 0 heterocycles. The molecule has 4 aromatic rings. The third-order valence-electron chi connectivity index (χ3n) is 4.74. The summed E-state index contributed by atoms with van der Waals surface area (Å²) in [7, 11) is 0. The molecular formula is C25H19NO2. The van der Waals surface area contributed by atoms with Crippen molar-refractivity contribution in [3.63, 3.8) is 0 Å². The zero-order valence-corrected chi connectivity index (χ0v) is 15.2. The van der Waals surface area contributed by atoms with Crippen molar-refractivity contribution in [3.8, 4) is 0 Å². The van der Waals surface area contributed by atoms with E-state index in [1.807, 2.05) is 42.5 Å². The molecule has 0 aromatic heterocycles. The number of rotatable bonds is 5. The molecule has 0 atom stereocenters. The Balaban J connectivity index is 1.82. The van der Waals surface area contributed by atoms with Gasteiger partial charge in [0, 0.05) is 17.1 Å². The summed E-state index contributed by atoms with van der Waals surface area (Å²) in [5, 5.41) is 11.5. The summed E-state index contributed by atoms with van der Waals surface area (Å²) in [6, 6.07) is 32.2. The molecule has 3 nitrogen and oxygen atoms in total. The van der Waals surface area contributed by atoms with Gasteiger partial charge in [0.1, 0.15) is 0 Å². The molecule has 0 unspecified atom stereocenters. The highest BCUT2D eigenvalue weighted by atomic mass is 16.4. The number of carboxylic acids is 1. The number of carbonyl (C=O) groups is 1. The van der Waals surface area contributed by atoms with Crippen molar-refractivity contribution in [2.45, 2.75) is 0 Å². The van der Waals surface area contributed by atoms with Gasteiger partial charge in [-0.3, -0.25) is 0 Å². The second-order valence-electron chi connectivity index (χ2n) is 6.53. The van der Waals surface area contributed by atoms with Crippen LogP contribution in [0.5, 0.6) is 0 Å². The molecule has 0 aliphatic heterocycles. The summed E-state index contributed by atoms with van der Waals surface area (Å²) in [5.41, 5.74) is 3.70. The first-order valence-electron chi connectivity index (χ1n) is 9.00. The maximum Gasteiger partial charge on any atom is 0.335 e. The molecular weight excluding hydrogens is 346 g/mol. The summed E-state index contributed by atoms with van der Waals surface area (Å²) < 4.78 is 0. The van der Waals surface area contributed by atoms with Crippen LogP contribution in [0.2, 0.25) is 0 Å². The summed E-state index contributed by atoms with van der Waals surface area (Å²) in [6.07, 6.45) is 0. The van der Waals surface area contributed by atoms with Crippen LogP contribution < -0.4 is 4.90 Å². The smallest absolute Gasteiger partial charge is 0.335 e. The topological polar surface area (TPSA) is 40.5 Å². The predicted molar refractivity (Wildman–Crippen MR) is 115 cm³/mol. The van der Waals surface area contributed by atoms with Gasteiger partial charge in [-0.15, -0.1) is 0 Å². The van der Waals surface area contributed by atoms with E-state index in [4.69, 9.17) is 5.11 Å². The molecule has 0 saturated heterocycles. The highest BCUT2D eigenvalue weighted by molar-refractivity contribution is 6.14. The Bertz CT molecular complexity index is 1150. The minimum atomic E-state index is -1.01. The normalized spacial score (nSPS) is 10.6. The van der Waals surface area contributed by atoms with Gasteiger partial charge in [0.15, 0.2) is 0 Å². The summed E-state index contributed by atoms with van der Waals surface area (Å²) in [4.78, 5) is 13.3. The highest BCUT2D eigenvalue weighted by Gasteiger charge is 2.14. The van der Waals surface area contributed by atoms with Gasteiger partial charge in [-0.2, -0.15) is 0 Å². The predicted octanol–water partition coefficient (Wildman–Crippen LogP) is 6.41. The van der Waals surface area contributed by atoms with E-state index >= 15 is 0 Å². The van der Waals surface area contributed by atoms with Crippen LogP contribution in [-0.4, -0.2) is 11.1 Å². The molecule has 3 heteroatoms. The van der Waals surface area contributed by atoms with Crippen molar-refractivity contribution in [3.05, 3.63) is 109 Å². The van der Waals surface area contributed by atoms with E-state index in [1.165, 1.54) is 5.39 Å². The number of aliphatic carboxylic acids is 1. The van der Waals surface area contributed by atoms with Gasteiger partial charge in [0.05, 0.1) is 5.57 Å². The van der Waals surface area contributed by atoms with E-state index in [9.17, 15) is 4.79 Å². The van der Waals surface area contributed by atoms with Gasteiger partial charge in [-0.25, -0.2) is 4.79 Å². The number of hydrogen-bond acceptors (Lipinski definition) is 2. The fraction of sp³-hybridized carbons (Fsp3) is 0. The number of fused-ring (bicyclic) bond motifs is 1. The molecule has 0 saturated carbocycles. The van der Waals surface area contributed by atoms with E-state index in [0.29, 0.717) is 5.56 Å². The maximum atomic E-state index is 11.2. The molecule has 0 spiro atoms. The molecule has 1 N–H and O–H groups in total. The van der Waals surface area contributed by atoms with Gasteiger partial charge in [-0.05, 0) is 52.7 Å². The lowest BCUT2D eigenvalue weighted by Gasteiger charge is -2.26. The van der Waals surface area contributed by atoms with E-state index in [1.54, 1.807) is 12.1 Å². The zero-order chi connectivity index (χ0) is 19.5.